The number of amides is 1. The van der Waals surface area contributed by atoms with E-state index in [-0.39, 0.29) is 13.0 Å². The SMILES string of the molecule is CS(=O)(=O)CC(=O)N1CC(O)CC1C(=O)O. The van der Waals surface area contributed by atoms with Gasteiger partial charge in [-0.05, 0) is 0 Å². The number of aliphatic hydroxyl groups is 1. The molecule has 0 saturated carbocycles. The van der Waals surface area contributed by atoms with Crippen LogP contribution >= 0.6 is 0 Å². The molecule has 2 N–H and O–H groups in total. The first-order valence-corrected chi connectivity index (χ1v) is 6.65. The van der Waals surface area contributed by atoms with Crippen LogP contribution in [0.3, 0.4) is 0 Å². The van der Waals surface area contributed by atoms with E-state index < -0.39 is 39.6 Å². The summed E-state index contributed by atoms with van der Waals surface area (Å²) in [6.07, 6.45) is -0.0810. The number of hydrogen-bond acceptors (Lipinski definition) is 5. The Morgan fingerprint density at radius 1 is 1.44 bits per heavy atom. The van der Waals surface area contributed by atoms with Gasteiger partial charge in [-0.15, -0.1) is 0 Å². The lowest BCUT2D eigenvalue weighted by molar-refractivity contribution is -0.147. The minimum atomic E-state index is -3.49. The van der Waals surface area contributed by atoms with E-state index in [9.17, 15) is 23.1 Å². The Balaban J connectivity index is 2.79. The van der Waals surface area contributed by atoms with Gasteiger partial charge in [0, 0.05) is 19.2 Å². The normalized spacial score (nSPS) is 25.8. The fraction of sp³-hybridized carbons (Fsp3) is 0.750. The first-order valence-electron chi connectivity index (χ1n) is 4.59. The minimum absolute atomic E-state index is 0.0646. The number of aliphatic hydroxyl groups excluding tert-OH is 1. The van der Waals surface area contributed by atoms with Gasteiger partial charge in [-0.2, -0.15) is 0 Å². The number of sulfone groups is 1. The highest BCUT2D eigenvalue weighted by Gasteiger charge is 2.39. The standard InChI is InChI=1S/C8H13NO6S/c1-16(14,15)4-7(11)9-3-5(10)2-6(9)8(12)13/h5-6,10H,2-4H2,1H3,(H,12,13). The van der Waals surface area contributed by atoms with Gasteiger partial charge in [0.05, 0.1) is 6.10 Å². The van der Waals surface area contributed by atoms with Crippen LogP contribution in [-0.2, 0) is 19.4 Å². The van der Waals surface area contributed by atoms with Gasteiger partial charge in [0.1, 0.15) is 11.8 Å². The number of β-amino-alcohol motifs (C(OH)–C–C–N with tert-alkyl or cyclic N) is 1. The molecule has 16 heavy (non-hydrogen) atoms. The molecule has 92 valence electrons. The van der Waals surface area contributed by atoms with Gasteiger partial charge in [0.2, 0.25) is 5.91 Å². The third-order valence-corrected chi connectivity index (χ3v) is 3.04. The molecule has 7 nitrogen and oxygen atoms in total. The second-order valence-corrected chi connectivity index (χ2v) is 6.00. The number of aliphatic carboxylic acids is 1. The Morgan fingerprint density at radius 3 is 2.44 bits per heavy atom. The van der Waals surface area contributed by atoms with Crippen LogP contribution in [0.15, 0.2) is 0 Å². The van der Waals surface area contributed by atoms with Gasteiger partial charge in [-0.1, -0.05) is 0 Å². The third kappa shape index (κ3) is 3.17. The van der Waals surface area contributed by atoms with E-state index in [0.717, 1.165) is 11.2 Å². The predicted octanol–water partition coefficient (Wildman–Crippen LogP) is -1.92. The van der Waals surface area contributed by atoms with Crippen LogP contribution in [0, 0.1) is 0 Å². The lowest BCUT2D eigenvalue weighted by Crippen LogP contribution is -2.43. The average Bonchev–Trinajstić information content (AvgIpc) is 2.44. The molecule has 0 aromatic rings. The van der Waals surface area contributed by atoms with E-state index in [1.807, 2.05) is 0 Å². The molecular formula is C8H13NO6S. The third-order valence-electron chi connectivity index (χ3n) is 2.27. The maximum atomic E-state index is 11.5. The maximum absolute atomic E-state index is 11.5. The summed E-state index contributed by atoms with van der Waals surface area (Å²) in [6.45, 7) is -0.134. The molecule has 0 aromatic carbocycles. The molecule has 8 heteroatoms. The number of hydrogen-bond donors (Lipinski definition) is 2. The predicted molar refractivity (Wildman–Crippen MR) is 53.5 cm³/mol. The van der Waals surface area contributed by atoms with Crippen molar-refractivity contribution in [3.8, 4) is 0 Å². The van der Waals surface area contributed by atoms with Gasteiger partial charge in [-0.3, -0.25) is 4.79 Å². The Bertz CT molecular complexity index is 403. The maximum Gasteiger partial charge on any atom is 0.326 e. The molecule has 1 aliphatic rings. The minimum Gasteiger partial charge on any atom is -0.480 e. The van der Waals surface area contributed by atoms with Crippen LogP contribution < -0.4 is 0 Å². The number of carbonyl (C=O) groups excluding carboxylic acids is 1. The fourth-order valence-corrected chi connectivity index (χ4v) is 2.25. The monoisotopic (exact) mass is 251 g/mol. The Hall–Kier alpha value is -1.15. The van der Waals surface area contributed by atoms with Crippen LogP contribution in [0.1, 0.15) is 6.42 Å². The lowest BCUT2D eigenvalue weighted by Gasteiger charge is -2.20. The number of carboxylic acid groups (broad SMARTS) is 1. The van der Waals surface area contributed by atoms with Crippen LogP contribution in [0.25, 0.3) is 0 Å². The summed E-state index contributed by atoms with van der Waals surface area (Å²) in [5.41, 5.74) is 0. The van der Waals surface area contributed by atoms with Crippen molar-refractivity contribution >= 4 is 21.7 Å². The summed E-state index contributed by atoms with van der Waals surface area (Å²) < 4.78 is 21.8. The second kappa shape index (κ2) is 4.38. The molecule has 0 spiro atoms. The summed E-state index contributed by atoms with van der Waals surface area (Å²) in [5.74, 6) is -2.76. The molecule has 1 rings (SSSR count). The average molecular weight is 251 g/mol. The van der Waals surface area contributed by atoms with E-state index in [0.29, 0.717) is 0 Å². The highest BCUT2D eigenvalue weighted by molar-refractivity contribution is 7.91. The summed E-state index contributed by atoms with van der Waals surface area (Å²) in [4.78, 5) is 23.2. The quantitative estimate of drug-likeness (QED) is 0.604. The molecule has 1 heterocycles. The fourth-order valence-electron chi connectivity index (χ4n) is 1.63. The van der Waals surface area contributed by atoms with Crippen LogP contribution in [0.4, 0.5) is 0 Å². The molecule has 2 atom stereocenters. The molecule has 0 bridgehead atoms. The molecular weight excluding hydrogens is 238 g/mol. The zero-order chi connectivity index (χ0) is 12.5. The summed E-state index contributed by atoms with van der Waals surface area (Å²) >= 11 is 0. The zero-order valence-corrected chi connectivity index (χ0v) is 9.48. The number of rotatable bonds is 3. The van der Waals surface area contributed by atoms with Crippen molar-refractivity contribution in [3.05, 3.63) is 0 Å². The summed E-state index contributed by atoms with van der Waals surface area (Å²) in [6, 6.07) is -1.13. The van der Waals surface area contributed by atoms with Crippen molar-refractivity contribution in [2.75, 3.05) is 18.6 Å². The highest BCUT2D eigenvalue weighted by atomic mass is 32.2. The highest BCUT2D eigenvalue weighted by Crippen LogP contribution is 2.18. The van der Waals surface area contributed by atoms with Gasteiger partial charge in [0.25, 0.3) is 0 Å². The van der Waals surface area contributed by atoms with E-state index in [1.165, 1.54) is 0 Å². The van der Waals surface area contributed by atoms with Crippen LogP contribution in [-0.4, -0.2) is 66.1 Å². The molecule has 0 radical (unpaired) electrons. The van der Waals surface area contributed by atoms with Crippen molar-refractivity contribution in [1.82, 2.24) is 4.90 Å². The Labute approximate surface area is 92.6 Å². The topological polar surface area (TPSA) is 112 Å². The number of nitrogens with zero attached hydrogens (tertiary/aromatic N) is 1. The van der Waals surface area contributed by atoms with Gasteiger partial charge in [-0.25, -0.2) is 13.2 Å². The molecule has 1 fully saturated rings. The van der Waals surface area contributed by atoms with E-state index in [1.54, 1.807) is 0 Å². The van der Waals surface area contributed by atoms with Crippen LogP contribution in [0.2, 0.25) is 0 Å². The van der Waals surface area contributed by atoms with Gasteiger partial charge >= 0.3 is 5.97 Å². The number of carbonyl (C=O) groups is 2. The van der Waals surface area contributed by atoms with Crippen molar-refractivity contribution in [2.45, 2.75) is 18.6 Å². The molecule has 1 saturated heterocycles. The van der Waals surface area contributed by atoms with E-state index in [2.05, 4.69) is 0 Å². The molecule has 1 aliphatic heterocycles. The van der Waals surface area contributed by atoms with Gasteiger partial charge < -0.3 is 15.1 Å². The molecule has 1 amide bonds. The molecule has 0 aliphatic carbocycles. The molecule has 2 unspecified atom stereocenters. The Kier molecular flexibility index (Phi) is 3.54. The van der Waals surface area contributed by atoms with Crippen molar-refractivity contribution in [3.63, 3.8) is 0 Å². The van der Waals surface area contributed by atoms with E-state index >= 15 is 0 Å². The first kappa shape index (κ1) is 12.9. The number of likely N-dealkylation sites (tertiary alicyclic amines) is 1. The Morgan fingerprint density at radius 2 is 2.00 bits per heavy atom. The lowest BCUT2D eigenvalue weighted by atomic mass is 10.2. The largest absolute Gasteiger partial charge is 0.480 e. The number of carboxylic acids is 1. The van der Waals surface area contributed by atoms with Crippen molar-refractivity contribution < 1.29 is 28.2 Å². The smallest absolute Gasteiger partial charge is 0.326 e. The van der Waals surface area contributed by atoms with Crippen molar-refractivity contribution in [2.24, 2.45) is 0 Å². The zero-order valence-electron chi connectivity index (χ0n) is 8.66. The van der Waals surface area contributed by atoms with Crippen molar-refractivity contribution in [1.29, 1.82) is 0 Å². The van der Waals surface area contributed by atoms with Crippen LogP contribution in [0.5, 0.6) is 0 Å². The van der Waals surface area contributed by atoms with E-state index in [4.69, 9.17) is 5.11 Å². The summed E-state index contributed by atoms with van der Waals surface area (Å²) in [5, 5.41) is 18.1. The molecule has 0 aromatic heterocycles. The summed E-state index contributed by atoms with van der Waals surface area (Å²) in [7, 11) is -3.49. The van der Waals surface area contributed by atoms with Gasteiger partial charge in [0.15, 0.2) is 9.84 Å². The first-order chi connectivity index (χ1) is 7.20. The second-order valence-electron chi connectivity index (χ2n) is 3.86.